The molecule has 0 aliphatic heterocycles. The monoisotopic (exact) mass is 185 g/mol. The minimum Gasteiger partial charge on any atom is -0.370 e. The van der Waals surface area contributed by atoms with Gasteiger partial charge in [0.25, 0.3) is 0 Å². The summed E-state index contributed by atoms with van der Waals surface area (Å²) in [6.07, 6.45) is 2.50. The van der Waals surface area contributed by atoms with Gasteiger partial charge in [-0.1, -0.05) is 0 Å². The molecule has 12 heavy (non-hydrogen) atoms. The maximum absolute atomic E-state index is 5.53. The third kappa shape index (κ3) is 3.05. The molecule has 0 fully saturated rings. The lowest BCUT2D eigenvalue weighted by molar-refractivity contribution is 0.967. The zero-order chi connectivity index (χ0) is 8.81. The largest absolute Gasteiger partial charge is 0.370 e. The van der Waals surface area contributed by atoms with Gasteiger partial charge in [-0.3, -0.25) is 0 Å². The summed E-state index contributed by atoms with van der Waals surface area (Å²) in [5.74, 6) is 1.55. The van der Waals surface area contributed by atoms with Crippen LogP contribution >= 0.6 is 11.6 Å². The van der Waals surface area contributed by atoms with Gasteiger partial charge < -0.3 is 5.32 Å². The van der Waals surface area contributed by atoms with Crippen LogP contribution < -0.4 is 5.32 Å². The average Bonchev–Trinajstić information content (AvgIpc) is 2.05. The molecule has 66 valence electrons. The SMILES string of the molecule is Cc1cc(NCCCCl)ncn1. The van der Waals surface area contributed by atoms with Crippen molar-refractivity contribution in [1.29, 1.82) is 0 Å². The number of aromatic nitrogens is 2. The second-order valence-corrected chi connectivity index (χ2v) is 2.89. The van der Waals surface area contributed by atoms with Gasteiger partial charge >= 0.3 is 0 Å². The molecule has 0 aromatic carbocycles. The molecule has 0 radical (unpaired) electrons. The molecular formula is C8H12ClN3. The number of rotatable bonds is 4. The molecule has 0 aliphatic carbocycles. The smallest absolute Gasteiger partial charge is 0.129 e. The fourth-order valence-electron chi connectivity index (χ4n) is 0.834. The normalized spacial score (nSPS) is 9.83. The van der Waals surface area contributed by atoms with Gasteiger partial charge in [0.15, 0.2) is 0 Å². The van der Waals surface area contributed by atoms with E-state index in [-0.39, 0.29) is 0 Å². The standard InChI is InChI=1S/C8H12ClN3/c1-7-5-8(12-6-11-7)10-4-2-3-9/h5-6H,2-4H2,1H3,(H,10,11,12). The molecule has 0 aliphatic rings. The third-order valence-corrected chi connectivity index (χ3v) is 1.69. The Kier molecular flexibility index (Phi) is 3.80. The van der Waals surface area contributed by atoms with E-state index in [1.807, 2.05) is 13.0 Å². The maximum atomic E-state index is 5.53. The molecule has 0 atom stereocenters. The highest BCUT2D eigenvalue weighted by molar-refractivity contribution is 6.17. The van der Waals surface area contributed by atoms with E-state index in [2.05, 4.69) is 15.3 Å². The Hall–Kier alpha value is -0.830. The Balaban J connectivity index is 2.41. The number of alkyl halides is 1. The number of nitrogens with one attached hydrogen (secondary N) is 1. The first kappa shape index (κ1) is 9.26. The highest BCUT2D eigenvalue weighted by Crippen LogP contribution is 2.02. The van der Waals surface area contributed by atoms with Crippen molar-refractivity contribution in [2.75, 3.05) is 17.7 Å². The Bertz CT molecular complexity index is 239. The van der Waals surface area contributed by atoms with Crippen molar-refractivity contribution in [3.63, 3.8) is 0 Å². The van der Waals surface area contributed by atoms with Crippen molar-refractivity contribution in [2.45, 2.75) is 13.3 Å². The second-order valence-electron chi connectivity index (χ2n) is 2.51. The van der Waals surface area contributed by atoms with Crippen LogP contribution in [-0.2, 0) is 0 Å². The molecule has 0 unspecified atom stereocenters. The molecule has 0 bridgehead atoms. The molecule has 1 aromatic rings. The van der Waals surface area contributed by atoms with Crippen LogP contribution in [0.1, 0.15) is 12.1 Å². The summed E-state index contributed by atoms with van der Waals surface area (Å²) in [7, 11) is 0. The highest BCUT2D eigenvalue weighted by atomic mass is 35.5. The van der Waals surface area contributed by atoms with E-state index in [1.165, 1.54) is 0 Å². The van der Waals surface area contributed by atoms with Crippen LogP contribution in [0.2, 0.25) is 0 Å². The molecule has 0 spiro atoms. The molecule has 4 heteroatoms. The molecule has 1 aromatic heterocycles. The van der Waals surface area contributed by atoms with Gasteiger partial charge in [0.05, 0.1) is 0 Å². The number of hydrogen-bond donors (Lipinski definition) is 1. The van der Waals surface area contributed by atoms with Gasteiger partial charge in [-0.15, -0.1) is 11.6 Å². The Morgan fingerprint density at radius 2 is 2.33 bits per heavy atom. The fraction of sp³-hybridized carbons (Fsp3) is 0.500. The number of aryl methyl sites for hydroxylation is 1. The van der Waals surface area contributed by atoms with Gasteiger partial charge in [0.2, 0.25) is 0 Å². The van der Waals surface area contributed by atoms with E-state index in [0.717, 1.165) is 24.5 Å². The summed E-state index contributed by atoms with van der Waals surface area (Å²) >= 11 is 5.53. The zero-order valence-electron chi connectivity index (χ0n) is 7.05. The van der Waals surface area contributed by atoms with Crippen molar-refractivity contribution in [1.82, 2.24) is 9.97 Å². The summed E-state index contributed by atoms with van der Waals surface area (Å²) in [6.45, 7) is 2.80. The van der Waals surface area contributed by atoms with Gasteiger partial charge in [-0.25, -0.2) is 9.97 Å². The molecule has 1 rings (SSSR count). The first-order chi connectivity index (χ1) is 5.83. The van der Waals surface area contributed by atoms with E-state index in [9.17, 15) is 0 Å². The molecule has 0 saturated carbocycles. The van der Waals surface area contributed by atoms with E-state index >= 15 is 0 Å². The third-order valence-electron chi connectivity index (χ3n) is 1.42. The predicted molar refractivity (Wildman–Crippen MR) is 50.6 cm³/mol. The lowest BCUT2D eigenvalue weighted by Crippen LogP contribution is -2.04. The average molecular weight is 186 g/mol. The maximum Gasteiger partial charge on any atom is 0.129 e. The van der Waals surface area contributed by atoms with Crippen molar-refractivity contribution < 1.29 is 0 Å². The quantitative estimate of drug-likeness (QED) is 0.575. The summed E-state index contributed by atoms with van der Waals surface area (Å²) < 4.78 is 0. The number of nitrogens with zero attached hydrogens (tertiary/aromatic N) is 2. The minimum absolute atomic E-state index is 0.678. The Morgan fingerprint density at radius 1 is 1.50 bits per heavy atom. The first-order valence-electron chi connectivity index (χ1n) is 3.91. The fourth-order valence-corrected chi connectivity index (χ4v) is 0.968. The van der Waals surface area contributed by atoms with Crippen LogP contribution in [-0.4, -0.2) is 22.4 Å². The molecule has 0 amide bonds. The molecule has 3 nitrogen and oxygen atoms in total. The van der Waals surface area contributed by atoms with E-state index < -0.39 is 0 Å². The van der Waals surface area contributed by atoms with Gasteiger partial charge in [0.1, 0.15) is 12.1 Å². The number of anilines is 1. The van der Waals surface area contributed by atoms with Gasteiger partial charge in [-0.2, -0.15) is 0 Å². The van der Waals surface area contributed by atoms with Crippen molar-refractivity contribution in [3.05, 3.63) is 18.1 Å². The predicted octanol–water partition coefficient (Wildman–Crippen LogP) is 1.83. The van der Waals surface area contributed by atoms with E-state index in [0.29, 0.717) is 5.88 Å². The lowest BCUT2D eigenvalue weighted by Gasteiger charge is -2.03. The summed E-state index contributed by atoms with van der Waals surface area (Å²) in [5, 5.41) is 3.15. The van der Waals surface area contributed by atoms with Gasteiger partial charge in [-0.05, 0) is 13.3 Å². The van der Waals surface area contributed by atoms with Crippen LogP contribution in [0.15, 0.2) is 12.4 Å². The van der Waals surface area contributed by atoms with Crippen LogP contribution in [0, 0.1) is 6.92 Å². The molecule has 1 heterocycles. The topological polar surface area (TPSA) is 37.8 Å². The molecule has 0 saturated heterocycles. The summed E-state index contributed by atoms with van der Waals surface area (Å²) in [5.41, 5.74) is 0.971. The van der Waals surface area contributed by atoms with Crippen LogP contribution in [0.5, 0.6) is 0 Å². The van der Waals surface area contributed by atoms with Crippen molar-refractivity contribution >= 4 is 17.4 Å². The van der Waals surface area contributed by atoms with E-state index in [4.69, 9.17) is 11.6 Å². The number of hydrogen-bond acceptors (Lipinski definition) is 3. The number of halogens is 1. The summed E-state index contributed by atoms with van der Waals surface area (Å²) in [6, 6.07) is 1.91. The molecular weight excluding hydrogens is 174 g/mol. The summed E-state index contributed by atoms with van der Waals surface area (Å²) in [4.78, 5) is 8.04. The minimum atomic E-state index is 0.678. The van der Waals surface area contributed by atoms with Crippen molar-refractivity contribution in [2.24, 2.45) is 0 Å². The zero-order valence-corrected chi connectivity index (χ0v) is 7.80. The van der Waals surface area contributed by atoms with Crippen LogP contribution in [0.3, 0.4) is 0 Å². The van der Waals surface area contributed by atoms with Crippen molar-refractivity contribution in [3.8, 4) is 0 Å². The van der Waals surface area contributed by atoms with Crippen LogP contribution in [0.4, 0.5) is 5.82 Å². The van der Waals surface area contributed by atoms with Gasteiger partial charge in [0, 0.05) is 24.2 Å². The molecule has 1 N–H and O–H groups in total. The second kappa shape index (κ2) is 4.93. The lowest BCUT2D eigenvalue weighted by atomic mass is 10.4. The van der Waals surface area contributed by atoms with E-state index in [1.54, 1.807) is 6.33 Å². The Labute approximate surface area is 77.2 Å². The Morgan fingerprint density at radius 3 is 3.00 bits per heavy atom. The first-order valence-corrected chi connectivity index (χ1v) is 4.45. The highest BCUT2D eigenvalue weighted by Gasteiger charge is 1.92. The van der Waals surface area contributed by atoms with Crippen LogP contribution in [0.25, 0.3) is 0 Å².